The lowest BCUT2D eigenvalue weighted by molar-refractivity contribution is 0.647. The first-order chi connectivity index (χ1) is 7.34. The molecule has 15 heavy (non-hydrogen) atoms. The van der Waals surface area contributed by atoms with Crippen LogP contribution in [0.25, 0.3) is 0 Å². The summed E-state index contributed by atoms with van der Waals surface area (Å²) in [5, 5.41) is 4.10. The van der Waals surface area contributed by atoms with E-state index in [1.807, 2.05) is 17.8 Å². The number of hydrogen-bond acceptors (Lipinski definition) is 4. The lowest BCUT2D eigenvalue weighted by Crippen LogP contribution is -2.49. The van der Waals surface area contributed by atoms with Gasteiger partial charge in [0.05, 0.1) is 16.8 Å². The molecule has 0 amide bonds. The maximum Gasteiger partial charge on any atom is 0.152 e. The molecule has 0 saturated carbocycles. The number of pyridine rings is 1. The number of thioether (sulfide) groups is 1. The van der Waals surface area contributed by atoms with Crippen molar-refractivity contribution >= 4 is 34.9 Å². The Balaban J connectivity index is 1.99. The molecule has 1 N–H and O–H groups in total. The number of anilines is 2. The van der Waals surface area contributed by atoms with E-state index in [1.54, 1.807) is 6.20 Å². The van der Waals surface area contributed by atoms with Crippen molar-refractivity contribution in [3.63, 3.8) is 0 Å². The molecule has 1 aromatic rings. The van der Waals surface area contributed by atoms with Crippen LogP contribution in [0.15, 0.2) is 12.3 Å². The average Bonchev–Trinajstić information content (AvgIpc) is 2.28. The van der Waals surface area contributed by atoms with Gasteiger partial charge in [-0.05, 0) is 6.07 Å². The molecule has 0 aromatic carbocycles. The van der Waals surface area contributed by atoms with Gasteiger partial charge in [-0.3, -0.25) is 0 Å². The van der Waals surface area contributed by atoms with Crippen LogP contribution in [0, 0.1) is 0 Å². The van der Waals surface area contributed by atoms with Gasteiger partial charge in [-0.25, -0.2) is 4.98 Å². The molecule has 0 bridgehead atoms. The minimum absolute atomic E-state index is 0.588. The summed E-state index contributed by atoms with van der Waals surface area (Å²) in [5.41, 5.74) is 1.07. The largest absolute Gasteiger partial charge is 0.380 e. The Morgan fingerprint density at radius 3 is 3.47 bits per heavy atom. The summed E-state index contributed by atoms with van der Waals surface area (Å²) < 4.78 is 0. The lowest BCUT2D eigenvalue weighted by Gasteiger charge is -2.41. The van der Waals surface area contributed by atoms with Gasteiger partial charge in [0, 0.05) is 30.8 Å². The monoisotopic (exact) mass is 241 g/mol. The van der Waals surface area contributed by atoms with Crippen molar-refractivity contribution in [3.05, 3.63) is 17.3 Å². The number of fused-ring (bicyclic) bond motifs is 3. The zero-order chi connectivity index (χ0) is 10.3. The van der Waals surface area contributed by atoms with E-state index in [4.69, 9.17) is 11.6 Å². The molecule has 3 heterocycles. The van der Waals surface area contributed by atoms with E-state index in [1.165, 1.54) is 11.5 Å². The van der Waals surface area contributed by atoms with Gasteiger partial charge < -0.3 is 10.2 Å². The molecular weight excluding hydrogens is 230 g/mol. The molecule has 80 valence electrons. The third-order valence-electron chi connectivity index (χ3n) is 2.86. The van der Waals surface area contributed by atoms with Crippen LogP contribution >= 0.6 is 23.4 Å². The van der Waals surface area contributed by atoms with Gasteiger partial charge in [0.2, 0.25) is 0 Å². The van der Waals surface area contributed by atoms with E-state index >= 15 is 0 Å². The normalized spacial score (nSPS) is 24.1. The Bertz CT molecular complexity index is 385. The molecule has 3 nitrogen and oxygen atoms in total. The number of hydrogen-bond donors (Lipinski definition) is 1. The summed E-state index contributed by atoms with van der Waals surface area (Å²) in [4.78, 5) is 6.83. The Morgan fingerprint density at radius 2 is 2.53 bits per heavy atom. The molecule has 1 unspecified atom stereocenters. The molecule has 1 fully saturated rings. The highest BCUT2D eigenvalue weighted by Gasteiger charge is 2.29. The fourth-order valence-corrected chi connectivity index (χ4v) is 3.34. The van der Waals surface area contributed by atoms with Gasteiger partial charge in [0.1, 0.15) is 0 Å². The number of aromatic nitrogens is 1. The van der Waals surface area contributed by atoms with Crippen molar-refractivity contribution in [3.8, 4) is 0 Å². The van der Waals surface area contributed by atoms with Gasteiger partial charge in [-0.1, -0.05) is 11.6 Å². The summed E-state index contributed by atoms with van der Waals surface area (Å²) in [6.45, 7) is 2.10. The molecular formula is C10H12ClN3S. The summed E-state index contributed by atoms with van der Waals surface area (Å²) in [7, 11) is 0. The van der Waals surface area contributed by atoms with Crippen LogP contribution in [-0.2, 0) is 0 Å². The molecule has 1 saturated heterocycles. The Kier molecular flexibility index (Phi) is 2.41. The van der Waals surface area contributed by atoms with Crippen LogP contribution in [0.3, 0.4) is 0 Å². The zero-order valence-electron chi connectivity index (χ0n) is 8.24. The maximum absolute atomic E-state index is 5.93. The minimum atomic E-state index is 0.588. The Morgan fingerprint density at radius 1 is 1.60 bits per heavy atom. The highest BCUT2D eigenvalue weighted by Crippen LogP contribution is 2.33. The standard InChI is InChI=1S/C10H12ClN3S/c11-7-3-9-10(13-4-7)14-1-2-15-6-8(14)5-12-9/h3-4,8,12H,1-2,5-6H2. The molecule has 1 atom stereocenters. The summed E-state index contributed by atoms with van der Waals surface area (Å²) in [6.07, 6.45) is 1.73. The second-order valence-corrected chi connectivity index (χ2v) is 5.41. The topological polar surface area (TPSA) is 28.2 Å². The Hall–Kier alpha value is -0.610. The van der Waals surface area contributed by atoms with E-state index in [0.29, 0.717) is 11.1 Å². The van der Waals surface area contributed by atoms with Crippen molar-refractivity contribution < 1.29 is 0 Å². The molecule has 2 aliphatic heterocycles. The number of nitrogens with one attached hydrogen (secondary N) is 1. The number of rotatable bonds is 0. The molecule has 1 aromatic heterocycles. The highest BCUT2D eigenvalue weighted by atomic mass is 35.5. The second-order valence-electron chi connectivity index (χ2n) is 3.83. The van der Waals surface area contributed by atoms with Gasteiger partial charge in [0.25, 0.3) is 0 Å². The van der Waals surface area contributed by atoms with Crippen molar-refractivity contribution in [2.24, 2.45) is 0 Å². The van der Waals surface area contributed by atoms with Gasteiger partial charge in [0.15, 0.2) is 5.82 Å². The van der Waals surface area contributed by atoms with Crippen LogP contribution in [-0.4, -0.2) is 35.6 Å². The Labute approximate surface area is 98.2 Å². The van der Waals surface area contributed by atoms with Gasteiger partial charge in [-0.2, -0.15) is 11.8 Å². The second kappa shape index (κ2) is 3.76. The van der Waals surface area contributed by atoms with Crippen molar-refractivity contribution in [2.75, 3.05) is 34.8 Å². The zero-order valence-corrected chi connectivity index (χ0v) is 9.81. The highest BCUT2D eigenvalue weighted by molar-refractivity contribution is 7.99. The van der Waals surface area contributed by atoms with E-state index in [0.717, 1.165) is 24.6 Å². The van der Waals surface area contributed by atoms with Crippen molar-refractivity contribution in [1.82, 2.24) is 4.98 Å². The van der Waals surface area contributed by atoms with E-state index in [-0.39, 0.29) is 0 Å². The van der Waals surface area contributed by atoms with Crippen LogP contribution in [0.5, 0.6) is 0 Å². The molecule has 0 radical (unpaired) electrons. The predicted octanol–water partition coefficient (Wildman–Crippen LogP) is 2.08. The third kappa shape index (κ3) is 1.66. The summed E-state index contributed by atoms with van der Waals surface area (Å²) in [5.74, 6) is 3.45. The maximum atomic E-state index is 5.93. The smallest absolute Gasteiger partial charge is 0.152 e. The molecule has 3 rings (SSSR count). The number of nitrogens with zero attached hydrogens (tertiary/aromatic N) is 2. The fourth-order valence-electron chi connectivity index (χ4n) is 2.12. The first kappa shape index (κ1) is 9.60. The van der Waals surface area contributed by atoms with E-state index in [9.17, 15) is 0 Å². The molecule has 2 aliphatic rings. The van der Waals surface area contributed by atoms with Crippen LogP contribution in [0.4, 0.5) is 11.5 Å². The lowest BCUT2D eigenvalue weighted by atomic mass is 10.2. The molecule has 0 spiro atoms. The average molecular weight is 242 g/mol. The first-order valence-corrected chi connectivity index (χ1v) is 6.61. The van der Waals surface area contributed by atoms with E-state index in [2.05, 4.69) is 15.2 Å². The van der Waals surface area contributed by atoms with E-state index < -0.39 is 0 Å². The van der Waals surface area contributed by atoms with Crippen LogP contribution in [0.2, 0.25) is 5.02 Å². The summed E-state index contributed by atoms with van der Waals surface area (Å²) in [6, 6.07) is 2.55. The quantitative estimate of drug-likeness (QED) is 0.753. The molecule has 0 aliphatic carbocycles. The predicted molar refractivity (Wildman–Crippen MR) is 66.2 cm³/mol. The fraction of sp³-hybridized carbons (Fsp3) is 0.500. The molecule has 5 heteroatoms. The summed E-state index contributed by atoms with van der Waals surface area (Å²) >= 11 is 7.95. The van der Waals surface area contributed by atoms with Gasteiger partial charge >= 0.3 is 0 Å². The number of halogens is 1. The van der Waals surface area contributed by atoms with Crippen LogP contribution in [0.1, 0.15) is 0 Å². The van der Waals surface area contributed by atoms with Crippen molar-refractivity contribution in [2.45, 2.75) is 6.04 Å². The third-order valence-corrected chi connectivity index (χ3v) is 4.16. The van der Waals surface area contributed by atoms with Gasteiger partial charge in [-0.15, -0.1) is 0 Å². The minimum Gasteiger partial charge on any atom is -0.380 e. The van der Waals surface area contributed by atoms with Crippen LogP contribution < -0.4 is 10.2 Å². The SMILES string of the molecule is Clc1cnc2c(c1)NCC1CSCCN21. The first-order valence-electron chi connectivity index (χ1n) is 5.08. The van der Waals surface area contributed by atoms with Crippen molar-refractivity contribution in [1.29, 1.82) is 0 Å².